The van der Waals surface area contributed by atoms with E-state index in [4.69, 9.17) is 15.2 Å². The zero-order valence-corrected chi connectivity index (χ0v) is 6.48. The fourth-order valence-corrected chi connectivity index (χ4v) is 0.900. The molecule has 1 aliphatic rings. The van der Waals surface area contributed by atoms with E-state index in [1.807, 2.05) is 0 Å². The zero-order valence-electron chi connectivity index (χ0n) is 6.48. The van der Waals surface area contributed by atoms with Crippen LogP contribution in [0.4, 0.5) is 0 Å². The highest BCUT2D eigenvalue weighted by Gasteiger charge is 2.39. The molecule has 0 aliphatic carbocycles. The summed E-state index contributed by atoms with van der Waals surface area (Å²) in [5.41, 5.74) is 4.93. The molecule has 0 spiro atoms. The molecular formula is C6H9NO5. The van der Waals surface area contributed by atoms with Crippen LogP contribution < -0.4 is 5.73 Å². The van der Waals surface area contributed by atoms with Gasteiger partial charge in [-0.15, -0.1) is 0 Å². The molecule has 6 nitrogen and oxygen atoms in total. The summed E-state index contributed by atoms with van der Waals surface area (Å²) in [5.74, 6) is -1.39. The number of amides is 1. The second-order valence-corrected chi connectivity index (χ2v) is 2.22. The maximum atomic E-state index is 10.9. The molecule has 1 fully saturated rings. The lowest BCUT2D eigenvalue weighted by Gasteiger charge is -2.10. The molecule has 1 aliphatic heterocycles. The highest BCUT2D eigenvalue weighted by atomic mass is 16.7. The van der Waals surface area contributed by atoms with Gasteiger partial charge in [-0.25, -0.2) is 4.79 Å². The molecule has 0 aromatic heterocycles. The summed E-state index contributed by atoms with van der Waals surface area (Å²) in [6.07, 6.45) is -2.05. The number of hydrogen-bond acceptors (Lipinski definition) is 5. The number of esters is 1. The number of hydrogen-bond donors (Lipinski definition) is 1. The van der Waals surface area contributed by atoms with Crippen LogP contribution in [0.1, 0.15) is 0 Å². The molecule has 0 unspecified atom stereocenters. The van der Waals surface area contributed by atoms with Crippen molar-refractivity contribution in [3.8, 4) is 0 Å². The molecule has 0 bridgehead atoms. The van der Waals surface area contributed by atoms with Gasteiger partial charge in [0.15, 0.2) is 12.2 Å². The number of rotatable bonds is 2. The van der Waals surface area contributed by atoms with Crippen molar-refractivity contribution < 1.29 is 23.8 Å². The first-order valence-corrected chi connectivity index (χ1v) is 3.27. The smallest absolute Gasteiger partial charge is 0.338 e. The van der Waals surface area contributed by atoms with Gasteiger partial charge >= 0.3 is 5.97 Å². The van der Waals surface area contributed by atoms with Crippen molar-refractivity contribution in [2.45, 2.75) is 12.2 Å². The Morgan fingerprint density at radius 1 is 1.42 bits per heavy atom. The first-order valence-electron chi connectivity index (χ1n) is 3.27. The fourth-order valence-electron chi connectivity index (χ4n) is 0.900. The monoisotopic (exact) mass is 175 g/mol. The van der Waals surface area contributed by atoms with Crippen molar-refractivity contribution in [3.63, 3.8) is 0 Å². The molecule has 0 aromatic carbocycles. The van der Waals surface area contributed by atoms with Gasteiger partial charge in [0.05, 0.1) is 7.11 Å². The van der Waals surface area contributed by atoms with Crippen LogP contribution in [0.5, 0.6) is 0 Å². The van der Waals surface area contributed by atoms with Gasteiger partial charge in [-0.1, -0.05) is 0 Å². The normalized spacial score (nSPS) is 28.4. The lowest BCUT2D eigenvalue weighted by molar-refractivity contribution is -0.153. The van der Waals surface area contributed by atoms with Gasteiger partial charge in [-0.2, -0.15) is 0 Å². The average Bonchev–Trinajstić information content (AvgIpc) is 2.50. The third-order valence-corrected chi connectivity index (χ3v) is 1.48. The van der Waals surface area contributed by atoms with E-state index in [9.17, 15) is 9.59 Å². The lowest BCUT2D eigenvalue weighted by atomic mass is 10.2. The van der Waals surface area contributed by atoms with Gasteiger partial charge in [0.2, 0.25) is 5.91 Å². The molecule has 1 amide bonds. The van der Waals surface area contributed by atoms with E-state index in [0.29, 0.717) is 0 Å². The van der Waals surface area contributed by atoms with Gasteiger partial charge in [0, 0.05) is 0 Å². The molecular weight excluding hydrogens is 166 g/mol. The second-order valence-electron chi connectivity index (χ2n) is 2.22. The molecule has 12 heavy (non-hydrogen) atoms. The average molecular weight is 175 g/mol. The fraction of sp³-hybridized carbons (Fsp3) is 0.667. The molecule has 6 heteroatoms. The minimum Gasteiger partial charge on any atom is -0.467 e. The Balaban J connectivity index is 2.63. The summed E-state index contributed by atoms with van der Waals surface area (Å²) in [4.78, 5) is 21.5. The van der Waals surface area contributed by atoms with Crippen molar-refractivity contribution >= 4 is 11.9 Å². The van der Waals surface area contributed by atoms with E-state index in [-0.39, 0.29) is 6.79 Å². The summed E-state index contributed by atoms with van der Waals surface area (Å²) < 4.78 is 13.9. The van der Waals surface area contributed by atoms with Crippen LogP contribution in [0.15, 0.2) is 0 Å². The van der Waals surface area contributed by atoms with Crippen LogP contribution in [0, 0.1) is 0 Å². The Hall–Kier alpha value is -1.14. The van der Waals surface area contributed by atoms with Gasteiger partial charge in [0.1, 0.15) is 6.79 Å². The van der Waals surface area contributed by atoms with Crippen molar-refractivity contribution in [3.05, 3.63) is 0 Å². The number of methoxy groups -OCH3 is 1. The van der Waals surface area contributed by atoms with Crippen LogP contribution >= 0.6 is 0 Å². The Morgan fingerprint density at radius 3 is 2.50 bits per heavy atom. The number of nitrogens with two attached hydrogens (primary N) is 1. The quantitative estimate of drug-likeness (QED) is 0.510. The highest BCUT2D eigenvalue weighted by Crippen LogP contribution is 2.13. The van der Waals surface area contributed by atoms with Gasteiger partial charge in [0.25, 0.3) is 0 Å². The SMILES string of the molecule is COC(=O)[C@@H]1OCO[C@H]1C(N)=O. The van der Waals surface area contributed by atoms with Crippen molar-refractivity contribution in [2.24, 2.45) is 5.73 Å². The van der Waals surface area contributed by atoms with Crippen LogP contribution in [0.25, 0.3) is 0 Å². The minimum absolute atomic E-state index is 0.118. The van der Waals surface area contributed by atoms with Crippen LogP contribution in [0.3, 0.4) is 0 Å². The van der Waals surface area contributed by atoms with Crippen LogP contribution in [-0.4, -0.2) is 38.0 Å². The van der Waals surface area contributed by atoms with E-state index < -0.39 is 24.1 Å². The zero-order chi connectivity index (χ0) is 9.14. The molecule has 2 atom stereocenters. The molecule has 0 aromatic rings. The van der Waals surface area contributed by atoms with E-state index in [1.165, 1.54) is 7.11 Å². The van der Waals surface area contributed by atoms with Gasteiger partial charge < -0.3 is 19.9 Å². The molecule has 1 saturated heterocycles. The van der Waals surface area contributed by atoms with Crippen LogP contribution in [-0.2, 0) is 23.8 Å². The molecule has 0 saturated carbocycles. The maximum absolute atomic E-state index is 10.9. The Bertz CT molecular complexity index is 204. The van der Waals surface area contributed by atoms with Crippen LogP contribution in [0.2, 0.25) is 0 Å². The summed E-state index contributed by atoms with van der Waals surface area (Å²) in [5, 5.41) is 0. The third kappa shape index (κ3) is 1.54. The summed E-state index contributed by atoms with van der Waals surface area (Å²) >= 11 is 0. The Kier molecular flexibility index (Phi) is 2.61. The van der Waals surface area contributed by atoms with E-state index >= 15 is 0 Å². The third-order valence-electron chi connectivity index (χ3n) is 1.48. The van der Waals surface area contributed by atoms with E-state index in [1.54, 1.807) is 0 Å². The maximum Gasteiger partial charge on any atom is 0.338 e. The van der Waals surface area contributed by atoms with Crippen molar-refractivity contribution in [2.75, 3.05) is 13.9 Å². The van der Waals surface area contributed by atoms with Gasteiger partial charge in [-0.3, -0.25) is 4.79 Å². The molecule has 1 rings (SSSR count). The summed E-state index contributed by atoms with van der Waals surface area (Å²) in [6.45, 7) is -0.118. The molecule has 68 valence electrons. The number of carbonyl (C=O) groups is 2. The van der Waals surface area contributed by atoms with E-state index in [2.05, 4.69) is 4.74 Å². The Morgan fingerprint density at radius 2 is 2.00 bits per heavy atom. The minimum atomic E-state index is -1.03. The van der Waals surface area contributed by atoms with Crippen molar-refractivity contribution in [1.82, 2.24) is 0 Å². The van der Waals surface area contributed by atoms with Crippen molar-refractivity contribution in [1.29, 1.82) is 0 Å². The largest absolute Gasteiger partial charge is 0.467 e. The number of carbonyl (C=O) groups excluding carboxylic acids is 2. The summed E-state index contributed by atoms with van der Waals surface area (Å²) in [6, 6.07) is 0. The number of ether oxygens (including phenoxy) is 3. The van der Waals surface area contributed by atoms with Gasteiger partial charge in [-0.05, 0) is 0 Å². The van der Waals surface area contributed by atoms with E-state index in [0.717, 1.165) is 0 Å². The first kappa shape index (κ1) is 8.95. The number of primary amides is 1. The second kappa shape index (κ2) is 3.51. The summed E-state index contributed by atoms with van der Waals surface area (Å²) in [7, 11) is 1.20. The Labute approximate surface area is 68.6 Å². The topological polar surface area (TPSA) is 87.8 Å². The highest BCUT2D eigenvalue weighted by molar-refractivity contribution is 5.88. The predicted octanol–water partition coefficient (Wildman–Crippen LogP) is -1.61. The standard InChI is InChI=1S/C6H9NO5/c1-10-6(9)4-3(5(7)8)11-2-12-4/h3-4H,2H2,1H3,(H2,7,8)/t3-,4-/m1/s1. The first-order chi connectivity index (χ1) is 5.66. The molecule has 1 heterocycles. The predicted molar refractivity (Wildman–Crippen MR) is 35.8 cm³/mol. The molecule has 2 N–H and O–H groups in total. The molecule has 0 radical (unpaired) electrons. The lowest BCUT2D eigenvalue weighted by Crippen LogP contribution is -2.41.